The number of carboxylic acid groups (broad SMARTS) is 1. The van der Waals surface area contributed by atoms with Gasteiger partial charge in [0.2, 0.25) is 11.2 Å². The van der Waals surface area contributed by atoms with Crippen LogP contribution in [0, 0.1) is 6.92 Å². The molecule has 0 saturated heterocycles. The van der Waals surface area contributed by atoms with E-state index in [4.69, 9.17) is 25.9 Å². The highest BCUT2D eigenvalue weighted by atomic mass is 35.5. The fourth-order valence-corrected chi connectivity index (χ4v) is 3.25. The van der Waals surface area contributed by atoms with Crippen molar-refractivity contribution >= 4 is 28.5 Å². The molecule has 1 N–H and O–H groups in total. The number of aromatic carboxylic acids is 1. The van der Waals surface area contributed by atoms with Crippen molar-refractivity contribution in [2.75, 3.05) is 0 Å². The minimum Gasteiger partial charge on any atom is -0.481 e. The van der Waals surface area contributed by atoms with E-state index in [2.05, 4.69) is 0 Å². The molecule has 0 aliphatic heterocycles. The van der Waals surface area contributed by atoms with Crippen LogP contribution in [0.4, 0.5) is 0 Å². The van der Waals surface area contributed by atoms with Crippen molar-refractivity contribution in [3.05, 3.63) is 98.7 Å². The normalized spacial score (nSPS) is 10.9. The zero-order valence-electron chi connectivity index (χ0n) is 16.0. The number of hydrogen-bond acceptors (Lipinski definition) is 4. The summed E-state index contributed by atoms with van der Waals surface area (Å²) in [4.78, 5) is 24.2. The molecule has 4 aromatic rings. The van der Waals surface area contributed by atoms with E-state index in [9.17, 15) is 9.59 Å². The maximum Gasteiger partial charge on any atom is 0.335 e. The SMILES string of the molecule is Cc1ccc(-c2oc3ccc(Cl)cc3c(=O)c2OCc2ccc(C(=O)O)cc2)cc1. The molecule has 1 aromatic heterocycles. The number of hydrogen-bond donors (Lipinski definition) is 1. The molecule has 0 unspecified atom stereocenters. The number of rotatable bonds is 5. The molecule has 0 aliphatic carbocycles. The molecule has 6 heteroatoms. The average molecular weight is 421 g/mol. The highest BCUT2D eigenvalue weighted by Gasteiger charge is 2.18. The number of fused-ring (bicyclic) bond motifs is 1. The predicted molar refractivity (Wildman–Crippen MR) is 115 cm³/mol. The molecule has 150 valence electrons. The van der Waals surface area contributed by atoms with Gasteiger partial charge in [0.25, 0.3) is 0 Å². The monoisotopic (exact) mass is 420 g/mol. The Balaban J connectivity index is 1.78. The fraction of sp³-hybridized carbons (Fsp3) is 0.0833. The molecule has 0 aliphatic rings. The molecule has 0 radical (unpaired) electrons. The topological polar surface area (TPSA) is 76.7 Å². The lowest BCUT2D eigenvalue weighted by molar-refractivity contribution is 0.0697. The summed E-state index contributed by atoms with van der Waals surface area (Å²) in [5.74, 6) is -0.593. The van der Waals surface area contributed by atoms with Gasteiger partial charge in [-0.25, -0.2) is 4.79 Å². The van der Waals surface area contributed by atoms with E-state index >= 15 is 0 Å². The molecule has 0 saturated carbocycles. The first-order valence-corrected chi connectivity index (χ1v) is 9.58. The minimum absolute atomic E-state index is 0.0790. The maximum absolute atomic E-state index is 13.2. The number of carbonyl (C=O) groups is 1. The van der Waals surface area contributed by atoms with Gasteiger partial charge in [0.05, 0.1) is 10.9 Å². The van der Waals surface area contributed by atoms with Crippen LogP contribution in [-0.4, -0.2) is 11.1 Å². The summed E-state index contributed by atoms with van der Waals surface area (Å²) in [5, 5.41) is 9.78. The number of carboxylic acids is 1. The van der Waals surface area contributed by atoms with Crippen LogP contribution >= 0.6 is 11.6 Å². The van der Waals surface area contributed by atoms with Crippen LogP contribution in [0.5, 0.6) is 5.75 Å². The second-order valence-electron chi connectivity index (χ2n) is 6.89. The molecule has 5 nitrogen and oxygen atoms in total. The van der Waals surface area contributed by atoms with Crippen molar-refractivity contribution in [2.24, 2.45) is 0 Å². The molecule has 0 fully saturated rings. The Morgan fingerprint density at radius 1 is 1.03 bits per heavy atom. The Kier molecular flexibility index (Phi) is 5.29. The predicted octanol–water partition coefficient (Wildman–Crippen LogP) is 5.70. The largest absolute Gasteiger partial charge is 0.481 e. The second kappa shape index (κ2) is 8.05. The third-order valence-corrected chi connectivity index (χ3v) is 4.94. The third-order valence-electron chi connectivity index (χ3n) is 4.71. The van der Waals surface area contributed by atoms with Crippen LogP contribution in [0.2, 0.25) is 5.02 Å². The van der Waals surface area contributed by atoms with Crippen LogP contribution in [-0.2, 0) is 6.61 Å². The van der Waals surface area contributed by atoms with Gasteiger partial charge < -0.3 is 14.3 Å². The van der Waals surface area contributed by atoms with Crippen molar-refractivity contribution < 1.29 is 19.1 Å². The zero-order chi connectivity index (χ0) is 21.3. The maximum atomic E-state index is 13.2. The fourth-order valence-electron chi connectivity index (χ4n) is 3.08. The summed E-state index contributed by atoms with van der Waals surface area (Å²) in [5.41, 5.74) is 2.79. The average Bonchev–Trinajstić information content (AvgIpc) is 2.74. The Bertz CT molecular complexity index is 1290. The van der Waals surface area contributed by atoms with Gasteiger partial charge in [-0.3, -0.25) is 4.79 Å². The molecular formula is C24H17ClO5. The Morgan fingerprint density at radius 3 is 2.40 bits per heavy atom. The van der Waals surface area contributed by atoms with Crippen molar-refractivity contribution in [1.82, 2.24) is 0 Å². The lowest BCUT2D eigenvalue weighted by Crippen LogP contribution is -2.10. The third kappa shape index (κ3) is 3.93. The Labute approximate surface area is 177 Å². The number of ether oxygens (including phenoxy) is 1. The summed E-state index contributed by atoms with van der Waals surface area (Å²) < 4.78 is 11.9. The summed E-state index contributed by atoms with van der Waals surface area (Å²) in [6, 6.07) is 18.7. The first-order chi connectivity index (χ1) is 14.4. The quantitative estimate of drug-likeness (QED) is 0.448. The van der Waals surface area contributed by atoms with Crippen molar-refractivity contribution in [3.63, 3.8) is 0 Å². The first-order valence-electron chi connectivity index (χ1n) is 9.21. The van der Waals surface area contributed by atoms with Gasteiger partial charge >= 0.3 is 5.97 Å². The molecule has 3 aromatic carbocycles. The summed E-state index contributed by atoms with van der Waals surface area (Å²) in [7, 11) is 0. The highest BCUT2D eigenvalue weighted by molar-refractivity contribution is 6.31. The van der Waals surface area contributed by atoms with Gasteiger partial charge in [-0.05, 0) is 42.8 Å². The van der Waals surface area contributed by atoms with Crippen LogP contribution in [0.3, 0.4) is 0 Å². The zero-order valence-corrected chi connectivity index (χ0v) is 16.8. The molecule has 0 amide bonds. The van der Waals surface area contributed by atoms with Gasteiger partial charge in [0.1, 0.15) is 12.2 Å². The van der Waals surface area contributed by atoms with Crippen molar-refractivity contribution in [2.45, 2.75) is 13.5 Å². The van der Waals surface area contributed by atoms with Crippen LogP contribution in [0.15, 0.2) is 75.9 Å². The highest BCUT2D eigenvalue weighted by Crippen LogP contribution is 2.32. The molecule has 0 bridgehead atoms. The molecular weight excluding hydrogens is 404 g/mol. The summed E-state index contributed by atoms with van der Waals surface area (Å²) in [6.07, 6.45) is 0. The van der Waals surface area contributed by atoms with E-state index in [1.807, 2.05) is 31.2 Å². The minimum atomic E-state index is -1.00. The van der Waals surface area contributed by atoms with Crippen LogP contribution < -0.4 is 10.2 Å². The van der Waals surface area contributed by atoms with Crippen molar-refractivity contribution in [3.8, 4) is 17.1 Å². The van der Waals surface area contributed by atoms with Gasteiger partial charge in [-0.15, -0.1) is 0 Å². The first kappa shape index (κ1) is 19.7. The van der Waals surface area contributed by atoms with Crippen molar-refractivity contribution in [1.29, 1.82) is 0 Å². The smallest absolute Gasteiger partial charge is 0.335 e. The van der Waals surface area contributed by atoms with E-state index in [0.29, 0.717) is 27.3 Å². The van der Waals surface area contributed by atoms with E-state index in [1.54, 1.807) is 30.3 Å². The number of aryl methyl sites for hydroxylation is 1. The van der Waals surface area contributed by atoms with Gasteiger partial charge in [-0.2, -0.15) is 0 Å². The Hall–Kier alpha value is -3.57. The summed E-state index contributed by atoms with van der Waals surface area (Å²) in [6.45, 7) is 2.05. The summed E-state index contributed by atoms with van der Waals surface area (Å²) >= 11 is 6.06. The standard InChI is InChI=1S/C24H17ClO5/c1-14-2-6-16(7-3-14)22-23(21(26)19-12-18(25)10-11-20(19)30-22)29-13-15-4-8-17(9-5-15)24(27)28/h2-12H,13H2,1H3,(H,27,28). The molecule has 1 heterocycles. The van der Waals surface area contributed by atoms with Crippen LogP contribution in [0.1, 0.15) is 21.5 Å². The Morgan fingerprint density at radius 2 is 1.73 bits per heavy atom. The van der Waals surface area contributed by atoms with Crippen LogP contribution in [0.25, 0.3) is 22.3 Å². The number of benzene rings is 3. The lowest BCUT2D eigenvalue weighted by Gasteiger charge is -2.12. The molecule has 0 atom stereocenters. The molecule has 30 heavy (non-hydrogen) atoms. The lowest BCUT2D eigenvalue weighted by atomic mass is 10.1. The van der Waals surface area contributed by atoms with Gasteiger partial charge in [-0.1, -0.05) is 53.6 Å². The van der Waals surface area contributed by atoms with Gasteiger partial charge in [0, 0.05) is 10.6 Å². The van der Waals surface area contributed by atoms with Gasteiger partial charge in [0.15, 0.2) is 5.76 Å². The molecule has 0 spiro atoms. The second-order valence-corrected chi connectivity index (χ2v) is 7.32. The van der Waals surface area contributed by atoms with E-state index in [0.717, 1.165) is 11.1 Å². The van der Waals surface area contributed by atoms with E-state index in [-0.39, 0.29) is 23.3 Å². The van der Waals surface area contributed by atoms with E-state index < -0.39 is 5.97 Å². The number of halogens is 1. The molecule has 4 rings (SSSR count). The van der Waals surface area contributed by atoms with E-state index in [1.165, 1.54) is 12.1 Å².